The molecular weight excluding hydrogens is 420 g/mol. The van der Waals surface area contributed by atoms with Crippen molar-refractivity contribution in [3.05, 3.63) is 64.2 Å². The van der Waals surface area contributed by atoms with Crippen molar-refractivity contribution in [2.24, 2.45) is 11.7 Å². The molecule has 0 radical (unpaired) electrons. The van der Waals surface area contributed by atoms with Crippen LogP contribution in [0.3, 0.4) is 0 Å². The van der Waals surface area contributed by atoms with Crippen molar-refractivity contribution in [3.63, 3.8) is 0 Å². The molecule has 0 aliphatic heterocycles. The van der Waals surface area contributed by atoms with E-state index in [4.69, 9.17) is 22.1 Å². The van der Waals surface area contributed by atoms with Gasteiger partial charge >= 0.3 is 0 Å². The maximum absolute atomic E-state index is 12.0. The smallest absolute Gasteiger partial charge is 0.211 e. The molecule has 7 heteroatoms. The normalized spacial score (nSPS) is 21.3. The molecule has 162 valence electrons. The monoisotopic (exact) mass is 448 g/mol. The highest BCUT2D eigenvalue weighted by molar-refractivity contribution is 7.89. The first kappa shape index (κ1) is 21.6. The summed E-state index contributed by atoms with van der Waals surface area (Å²) in [6.07, 6.45) is 4.73. The molecule has 2 aliphatic carbocycles. The van der Waals surface area contributed by atoms with Crippen molar-refractivity contribution in [2.45, 2.75) is 44.1 Å². The van der Waals surface area contributed by atoms with E-state index >= 15 is 0 Å². The number of nitrogens with one attached hydrogen (secondary N) is 1. The lowest BCUT2D eigenvalue weighted by atomic mass is 9.76. The fraction of sp³-hybridized carbons (Fsp3) is 0.478. The van der Waals surface area contributed by atoms with Crippen molar-refractivity contribution in [1.29, 1.82) is 0 Å². The molecule has 2 unspecified atom stereocenters. The summed E-state index contributed by atoms with van der Waals surface area (Å²) in [6.45, 7) is 0.568. The molecule has 1 fully saturated rings. The van der Waals surface area contributed by atoms with Gasteiger partial charge in [-0.2, -0.15) is 0 Å². The SMILES string of the molecule is NC1CCc2ccc(OCCNS(=O)(=O)CC3CC3)cc2C1Cc1ccccc1Cl. The van der Waals surface area contributed by atoms with Crippen LogP contribution in [0.25, 0.3) is 0 Å². The van der Waals surface area contributed by atoms with Crippen LogP contribution >= 0.6 is 11.6 Å². The average Bonchev–Trinajstić information content (AvgIpc) is 3.52. The van der Waals surface area contributed by atoms with Gasteiger partial charge in [-0.3, -0.25) is 0 Å². The summed E-state index contributed by atoms with van der Waals surface area (Å²) in [5, 5.41) is 0.766. The van der Waals surface area contributed by atoms with Crippen molar-refractivity contribution >= 4 is 21.6 Å². The Morgan fingerprint density at radius 3 is 2.70 bits per heavy atom. The molecule has 0 heterocycles. The Kier molecular flexibility index (Phi) is 6.68. The predicted octanol–water partition coefficient (Wildman–Crippen LogP) is 3.65. The zero-order valence-electron chi connectivity index (χ0n) is 17.0. The van der Waals surface area contributed by atoms with Crippen LogP contribution in [0.15, 0.2) is 42.5 Å². The largest absolute Gasteiger partial charge is 0.492 e. The Balaban J connectivity index is 1.40. The number of ether oxygens (including phenoxy) is 1. The topological polar surface area (TPSA) is 81.4 Å². The van der Waals surface area contributed by atoms with Crippen LogP contribution in [0, 0.1) is 5.92 Å². The van der Waals surface area contributed by atoms with E-state index in [0.717, 1.165) is 48.4 Å². The van der Waals surface area contributed by atoms with E-state index in [2.05, 4.69) is 22.9 Å². The van der Waals surface area contributed by atoms with E-state index in [1.54, 1.807) is 0 Å². The molecule has 0 amide bonds. The zero-order valence-corrected chi connectivity index (χ0v) is 18.6. The van der Waals surface area contributed by atoms with Gasteiger partial charge in [0.1, 0.15) is 12.4 Å². The quantitative estimate of drug-likeness (QED) is 0.574. The van der Waals surface area contributed by atoms with E-state index in [9.17, 15) is 8.42 Å². The first-order valence-corrected chi connectivity index (χ1v) is 12.7. The number of benzene rings is 2. The number of sulfonamides is 1. The maximum atomic E-state index is 12.0. The zero-order chi connectivity index (χ0) is 21.1. The minimum absolute atomic E-state index is 0.0678. The fourth-order valence-corrected chi connectivity index (χ4v) is 5.85. The Morgan fingerprint density at radius 2 is 1.93 bits per heavy atom. The lowest BCUT2D eigenvalue weighted by molar-refractivity contribution is 0.321. The van der Waals surface area contributed by atoms with Crippen LogP contribution in [0.4, 0.5) is 0 Å². The Hall–Kier alpha value is -1.60. The molecule has 4 rings (SSSR count). The van der Waals surface area contributed by atoms with Gasteiger partial charge in [0.25, 0.3) is 0 Å². The fourth-order valence-electron chi connectivity index (χ4n) is 4.17. The van der Waals surface area contributed by atoms with Gasteiger partial charge < -0.3 is 10.5 Å². The van der Waals surface area contributed by atoms with E-state index in [-0.39, 0.29) is 24.3 Å². The second kappa shape index (κ2) is 9.27. The first-order chi connectivity index (χ1) is 14.4. The van der Waals surface area contributed by atoms with Gasteiger partial charge in [-0.25, -0.2) is 13.1 Å². The van der Waals surface area contributed by atoms with E-state index in [1.807, 2.05) is 24.3 Å². The Bertz CT molecular complexity index is 992. The molecule has 2 aromatic carbocycles. The molecule has 30 heavy (non-hydrogen) atoms. The summed E-state index contributed by atoms with van der Waals surface area (Å²) in [5.74, 6) is 1.49. The second-order valence-electron chi connectivity index (χ2n) is 8.43. The number of fused-ring (bicyclic) bond motifs is 1. The summed E-state index contributed by atoms with van der Waals surface area (Å²) < 4.78 is 32.4. The third-order valence-electron chi connectivity index (χ3n) is 6.02. The molecule has 5 nitrogen and oxygen atoms in total. The summed E-state index contributed by atoms with van der Waals surface area (Å²) >= 11 is 6.38. The summed E-state index contributed by atoms with van der Waals surface area (Å²) in [4.78, 5) is 0. The third-order valence-corrected chi connectivity index (χ3v) is 7.95. The minimum atomic E-state index is -3.20. The van der Waals surface area contributed by atoms with Gasteiger partial charge in [-0.1, -0.05) is 35.9 Å². The number of rotatable bonds is 9. The van der Waals surface area contributed by atoms with Gasteiger partial charge in [0, 0.05) is 23.5 Å². The van der Waals surface area contributed by atoms with Crippen molar-refractivity contribution in [1.82, 2.24) is 4.72 Å². The van der Waals surface area contributed by atoms with Gasteiger partial charge in [-0.05, 0) is 72.9 Å². The molecule has 3 N–H and O–H groups in total. The van der Waals surface area contributed by atoms with Crippen molar-refractivity contribution in [2.75, 3.05) is 18.9 Å². The second-order valence-corrected chi connectivity index (χ2v) is 10.7. The van der Waals surface area contributed by atoms with Crippen LogP contribution in [0.1, 0.15) is 41.9 Å². The van der Waals surface area contributed by atoms with Gasteiger partial charge in [-0.15, -0.1) is 0 Å². The molecule has 0 spiro atoms. The average molecular weight is 449 g/mol. The molecule has 2 aromatic rings. The van der Waals surface area contributed by atoms with E-state index < -0.39 is 10.0 Å². The molecule has 0 bridgehead atoms. The Labute approximate surface area is 184 Å². The Morgan fingerprint density at radius 1 is 1.13 bits per heavy atom. The van der Waals surface area contributed by atoms with Crippen molar-refractivity contribution < 1.29 is 13.2 Å². The van der Waals surface area contributed by atoms with Gasteiger partial charge in [0.05, 0.1) is 5.75 Å². The van der Waals surface area contributed by atoms with Gasteiger partial charge in [0.15, 0.2) is 0 Å². The third kappa shape index (κ3) is 5.55. The number of hydrogen-bond donors (Lipinski definition) is 2. The number of aryl methyl sites for hydroxylation is 1. The van der Waals surface area contributed by atoms with Crippen LogP contribution in [-0.4, -0.2) is 33.4 Å². The van der Waals surface area contributed by atoms with Crippen molar-refractivity contribution in [3.8, 4) is 5.75 Å². The predicted molar refractivity (Wildman–Crippen MR) is 121 cm³/mol. The lowest BCUT2D eigenvalue weighted by Gasteiger charge is -2.32. The van der Waals surface area contributed by atoms with Crippen LogP contribution in [0.5, 0.6) is 5.75 Å². The summed E-state index contributed by atoms with van der Waals surface area (Å²) in [6, 6.07) is 14.1. The highest BCUT2D eigenvalue weighted by atomic mass is 35.5. The summed E-state index contributed by atoms with van der Waals surface area (Å²) in [5.41, 5.74) is 10.1. The molecule has 1 saturated carbocycles. The minimum Gasteiger partial charge on any atom is -0.492 e. The standard InChI is InChI=1S/C23H29ClN2O3S/c24-22-4-2-1-3-18(22)13-21-20-14-19(9-7-17(20)8-10-23(21)25)29-12-11-26-30(27,28)15-16-5-6-16/h1-4,7,9,14,16,21,23,26H,5-6,8,10-13,15,25H2. The maximum Gasteiger partial charge on any atom is 0.211 e. The number of hydrogen-bond acceptors (Lipinski definition) is 4. The molecule has 2 atom stereocenters. The van der Waals surface area contributed by atoms with E-state index in [1.165, 1.54) is 11.1 Å². The number of nitrogens with two attached hydrogens (primary N) is 1. The lowest BCUT2D eigenvalue weighted by Crippen LogP contribution is -2.34. The molecular formula is C23H29ClN2O3S. The molecule has 0 aromatic heterocycles. The molecule has 2 aliphatic rings. The highest BCUT2D eigenvalue weighted by Crippen LogP contribution is 2.37. The van der Waals surface area contributed by atoms with E-state index in [0.29, 0.717) is 12.5 Å². The highest BCUT2D eigenvalue weighted by Gasteiger charge is 2.29. The summed E-state index contributed by atoms with van der Waals surface area (Å²) in [7, 11) is -3.20. The van der Waals surface area contributed by atoms with Crippen LogP contribution in [-0.2, 0) is 22.9 Å². The molecule has 0 saturated heterocycles. The number of halogens is 1. The van der Waals surface area contributed by atoms with Gasteiger partial charge in [0.2, 0.25) is 10.0 Å². The van der Waals surface area contributed by atoms with Crippen LogP contribution in [0.2, 0.25) is 5.02 Å². The van der Waals surface area contributed by atoms with Crippen LogP contribution < -0.4 is 15.2 Å². The first-order valence-electron chi connectivity index (χ1n) is 10.6.